The molecule has 0 spiro atoms. The number of halogens is 2. The quantitative estimate of drug-likeness (QED) is 0.0310. The highest BCUT2D eigenvalue weighted by Crippen LogP contribution is 2.21. The molecule has 0 aliphatic carbocycles. The van der Waals surface area contributed by atoms with Crippen LogP contribution in [0.4, 0.5) is 8.78 Å². The molecule has 0 saturated carbocycles. The highest BCUT2D eigenvalue weighted by molar-refractivity contribution is 5.99. The number of nitrogens with one attached hydrogen (secondary N) is 4. The first-order chi connectivity index (χ1) is 33.5. The fourth-order valence-corrected chi connectivity index (χ4v) is 6.46. The highest BCUT2D eigenvalue weighted by atomic mass is 19.1. The molecule has 70 heavy (non-hydrogen) atoms. The molecular formula is C48H45F2N13O7. The van der Waals surface area contributed by atoms with Gasteiger partial charge in [0.2, 0.25) is 5.82 Å². The van der Waals surface area contributed by atoms with Gasteiger partial charge in [0.25, 0.3) is 23.6 Å². The van der Waals surface area contributed by atoms with E-state index >= 15 is 0 Å². The second kappa shape index (κ2) is 22.9. The summed E-state index contributed by atoms with van der Waals surface area (Å²) in [6.45, 7) is 7.21. The Hall–Kier alpha value is -9.34. The first-order valence-corrected chi connectivity index (χ1v) is 21.1. The van der Waals surface area contributed by atoms with Crippen LogP contribution in [0.25, 0.3) is 11.4 Å². The van der Waals surface area contributed by atoms with E-state index in [1.165, 1.54) is 24.3 Å². The molecule has 0 unspecified atom stereocenters. The summed E-state index contributed by atoms with van der Waals surface area (Å²) in [5, 5.41) is 26.4. The second-order valence-electron chi connectivity index (χ2n) is 15.5. The first kappa shape index (κ1) is 50.1. The van der Waals surface area contributed by atoms with Gasteiger partial charge in [0.15, 0.2) is 5.84 Å². The largest absolute Gasteiger partial charge is 0.409 e. The molecule has 358 valence electrons. The molecule has 4 aromatic carbocycles. The van der Waals surface area contributed by atoms with Gasteiger partial charge < -0.3 is 42.5 Å². The number of aromatic nitrogens is 6. The second-order valence-corrected chi connectivity index (χ2v) is 15.5. The van der Waals surface area contributed by atoms with Crippen molar-refractivity contribution in [3.05, 3.63) is 189 Å². The Morgan fingerprint density at radius 3 is 1.46 bits per heavy atom. The van der Waals surface area contributed by atoms with Crippen molar-refractivity contribution in [3.8, 4) is 11.4 Å². The Labute approximate surface area is 398 Å². The van der Waals surface area contributed by atoms with E-state index in [4.69, 9.17) is 21.2 Å². The summed E-state index contributed by atoms with van der Waals surface area (Å²) < 4.78 is 31.6. The molecule has 7 rings (SSSR count). The molecule has 22 heteroatoms. The van der Waals surface area contributed by atoms with Gasteiger partial charge >= 0.3 is 11.8 Å². The van der Waals surface area contributed by atoms with Crippen molar-refractivity contribution < 1.29 is 42.5 Å². The van der Waals surface area contributed by atoms with Crippen LogP contribution in [0.15, 0.2) is 119 Å². The minimum atomic E-state index is -0.819. The van der Waals surface area contributed by atoms with Crippen LogP contribution in [0.3, 0.4) is 0 Å². The van der Waals surface area contributed by atoms with Crippen LogP contribution in [0.5, 0.6) is 0 Å². The number of carbonyl (C=O) groups is 5. The van der Waals surface area contributed by atoms with Crippen molar-refractivity contribution in [2.75, 3.05) is 0 Å². The third kappa shape index (κ3) is 13.2. The van der Waals surface area contributed by atoms with Gasteiger partial charge in [-0.1, -0.05) is 83.1 Å². The summed E-state index contributed by atoms with van der Waals surface area (Å²) >= 11 is 0. The molecule has 0 radical (unpaired) electrons. The monoisotopic (exact) mass is 953 g/mol. The number of amides is 5. The number of aryl methyl sites for hydroxylation is 2. The lowest BCUT2D eigenvalue weighted by Crippen LogP contribution is -2.29. The van der Waals surface area contributed by atoms with Crippen molar-refractivity contribution in [1.29, 1.82) is 0 Å². The molecule has 7 aromatic rings. The molecule has 3 heterocycles. The minimum absolute atomic E-state index is 0.0143. The van der Waals surface area contributed by atoms with Gasteiger partial charge in [-0.3, -0.25) is 24.0 Å². The number of benzene rings is 4. The summed E-state index contributed by atoms with van der Waals surface area (Å²) in [5.41, 5.74) is 15.9. The van der Waals surface area contributed by atoms with E-state index in [1.54, 1.807) is 100 Å². The molecule has 9 N–H and O–H groups in total. The third-order valence-corrected chi connectivity index (χ3v) is 10.4. The van der Waals surface area contributed by atoms with E-state index in [9.17, 15) is 32.8 Å². The van der Waals surface area contributed by atoms with Crippen molar-refractivity contribution in [3.63, 3.8) is 0 Å². The lowest BCUT2D eigenvalue weighted by molar-refractivity contribution is 0.0921. The molecule has 0 saturated heterocycles. The smallest absolute Gasteiger partial charge is 0.316 e. The summed E-state index contributed by atoms with van der Waals surface area (Å²) in [4.78, 5) is 81.2. The fraction of sp³-hybridized carbons (Fsp3) is 0.167. The van der Waals surface area contributed by atoms with Gasteiger partial charge in [-0.15, -0.1) is 0 Å². The molecule has 2 atom stereocenters. The number of rotatable bonds is 15. The first-order valence-electron chi connectivity index (χ1n) is 21.1. The van der Waals surface area contributed by atoms with E-state index in [0.717, 1.165) is 34.9 Å². The Bertz CT molecular complexity index is 3080. The van der Waals surface area contributed by atoms with E-state index in [1.807, 2.05) is 0 Å². The van der Waals surface area contributed by atoms with Crippen LogP contribution in [0.1, 0.15) is 118 Å². The zero-order chi connectivity index (χ0) is 50.5. The Balaban J connectivity index is 0.000000231. The normalized spacial score (nSPS) is 11.8. The molecule has 20 nitrogen and oxygen atoms in total. The minimum Gasteiger partial charge on any atom is -0.409 e. The lowest BCUT2D eigenvalue weighted by Gasteiger charge is -2.14. The van der Waals surface area contributed by atoms with Crippen LogP contribution in [-0.2, 0) is 13.1 Å². The van der Waals surface area contributed by atoms with Crippen LogP contribution < -0.4 is 32.7 Å². The summed E-state index contributed by atoms with van der Waals surface area (Å²) in [6.07, 6.45) is 2.28. The Kier molecular flexibility index (Phi) is 16.4. The molecule has 0 aliphatic heterocycles. The molecule has 0 fully saturated rings. The van der Waals surface area contributed by atoms with Gasteiger partial charge in [0.05, 0.1) is 12.1 Å². The van der Waals surface area contributed by atoms with E-state index in [0.29, 0.717) is 22.3 Å². The predicted molar refractivity (Wildman–Crippen MR) is 248 cm³/mol. The summed E-state index contributed by atoms with van der Waals surface area (Å²) in [7, 11) is 0. The number of hydrogen-bond donors (Lipinski definition) is 7. The molecular weight excluding hydrogens is 909 g/mol. The third-order valence-electron chi connectivity index (χ3n) is 10.4. The van der Waals surface area contributed by atoms with Gasteiger partial charge in [-0.2, -0.15) is 4.98 Å². The average molecular weight is 954 g/mol. The van der Waals surface area contributed by atoms with E-state index in [2.05, 4.69) is 56.5 Å². The van der Waals surface area contributed by atoms with Crippen LogP contribution >= 0.6 is 0 Å². The zero-order valence-corrected chi connectivity index (χ0v) is 37.9. The molecule has 3 aromatic heterocycles. The highest BCUT2D eigenvalue weighted by Gasteiger charge is 2.19. The Morgan fingerprint density at radius 1 is 0.629 bits per heavy atom. The Morgan fingerprint density at radius 2 is 1.06 bits per heavy atom. The fourth-order valence-electron chi connectivity index (χ4n) is 6.46. The van der Waals surface area contributed by atoms with Crippen LogP contribution in [-0.4, -0.2) is 70.7 Å². The van der Waals surface area contributed by atoms with Crippen molar-refractivity contribution in [1.82, 2.24) is 51.3 Å². The maximum atomic E-state index is 13.4. The summed E-state index contributed by atoms with van der Waals surface area (Å²) in [5.74, 6) is -3.51. The zero-order valence-electron chi connectivity index (χ0n) is 37.9. The topological polar surface area (TPSA) is 309 Å². The maximum absolute atomic E-state index is 13.4. The average Bonchev–Trinajstić information content (AvgIpc) is 3.88. The van der Waals surface area contributed by atoms with Crippen molar-refractivity contribution in [2.24, 2.45) is 16.6 Å². The SMILES string of the molecule is Cc1cc(CNC(=O)c2cc(C(=O)N[C@@H](C)c3ccc(-c4noc(C(N)=O)n4)cc3)ncn2)ccc1F.Cc1cc(CNC(=O)c2cc(C(=O)N[C@@H](C)c3ccc(/C(N)=N/O)cc3)ncn2)ccc1F. The van der Waals surface area contributed by atoms with Gasteiger partial charge in [-0.25, -0.2) is 28.7 Å². The molecule has 5 amide bonds. The standard InChI is InChI=1S/C25H22FN7O4.C23H23FN6O3/c1-13-9-15(3-8-18(13)26)11-28-23(35)19-10-20(30-12-29-19)24(36)31-14(2)16-4-6-17(7-5-16)22-32-25(21(27)34)37-33-22;1-13-9-15(3-8-18(13)24)11-26-22(31)19-10-20(28-12-27-19)23(32)29-14(2)16-4-6-17(7-5-16)21(25)30-33/h3-10,12,14H,11H2,1-2H3,(H2,27,34)(H,28,35)(H,31,36);3-10,12,14,33H,11H2,1-2H3,(H2,25,30)(H,26,31)(H,29,32)/t2*14-/m00/s1. The number of amidine groups is 1. The molecule has 0 aliphatic rings. The molecule has 0 bridgehead atoms. The van der Waals surface area contributed by atoms with Gasteiger partial charge in [0, 0.05) is 36.3 Å². The number of carbonyl (C=O) groups excluding carboxylic acids is 5. The van der Waals surface area contributed by atoms with Gasteiger partial charge in [0.1, 0.15) is 47.1 Å². The van der Waals surface area contributed by atoms with E-state index in [-0.39, 0.29) is 71.1 Å². The van der Waals surface area contributed by atoms with Crippen LogP contribution in [0.2, 0.25) is 0 Å². The number of primary amides is 1. The summed E-state index contributed by atoms with van der Waals surface area (Å²) in [6, 6.07) is 24.7. The van der Waals surface area contributed by atoms with Crippen molar-refractivity contribution >= 4 is 35.4 Å². The predicted octanol–water partition coefficient (Wildman–Crippen LogP) is 4.93. The van der Waals surface area contributed by atoms with Crippen molar-refractivity contribution in [2.45, 2.75) is 52.9 Å². The number of oxime groups is 1. The number of hydrogen-bond acceptors (Lipinski definition) is 14. The number of nitrogens with two attached hydrogens (primary N) is 2. The van der Waals surface area contributed by atoms with Crippen LogP contribution in [0, 0.1) is 25.5 Å². The van der Waals surface area contributed by atoms with Gasteiger partial charge in [-0.05, 0) is 73.2 Å². The number of nitrogens with zero attached hydrogens (tertiary/aromatic N) is 7. The lowest BCUT2D eigenvalue weighted by atomic mass is 10.1. The maximum Gasteiger partial charge on any atom is 0.316 e. The van der Waals surface area contributed by atoms with E-state index < -0.39 is 35.6 Å².